The van der Waals surface area contributed by atoms with Gasteiger partial charge < -0.3 is 10.4 Å². The lowest BCUT2D eigenvalue weighted by atomic mass is 9.66. The second-order valence-electron chi connectivity index (χ2n) is 7.56. The highest BCUT2D eigenvalue weighted by molar-refractivity contribution is 7.22. The number of nitrogens with zero attached hydrogens (tertiary/aromatic N) is 1. The molecule has 3 rings (SSSR count). The molecule has 1 aromatic carbocycles. The molecule has 0 radical (unpaired) electrons. The van der Waals surface area contributed by atoms with Crippen molar-refractivity contribution in [3.8, 4) is 0 Å². The van der Waals surface area contributed by atoms with E-state index >= 15 is 0 Å². The molecule has 3 nitrogen and oxygen atoms in total. The molecule has 1 heterocycles. The summed E-state index contributed by atoms with van der Waals surface area (Å²) in [6.07, 6.45) is 2.75. The summed E-state index contributed by atoms with van der Waals surface area (Å²) in [5, 5.41) is 14.9. The van der Waals surface area contributed by atoms with Crippen LogP contribution < -0.4 is 5.32 Å². The topological polar surface area (TPSA) is 45.1 Å². The molecule has 2 unspecified atom stereocenters. The Balaban J connectivity index is 1.72. The van der Waals surface area contributed by atoms with Crippen molar-refractivity contribution < 1.29 is 9.50 Å². The largest absolute Gasteiger partial charge is 0.388 e. The van der Waals surface area contributed by atoms with Crippen molar-refractivity contribution in [3.63, 3.8) is 0 Å². The normalized spacial score (nSPS) is 28.0. The predicted molar refractivity (Wildman–Crippen MR) is 89.8 cm³/mol. The molecular weight excluding hydrogens is 299 g/mol. The van der Waals surface area contributed by atoms with Crippen molar-refractivity contribution >= 4 is 26.7 Å². The third-order valence-electron chi connectivity index (χ3n) is 4.36. The number of aliphatic hydroxyl groups is 1. The molecule has 0 saturated heterocycles. The molecule has 1 aromatic heterocycles. The lowest BCUT2D eigenvalue weighted by molar-refractivity contribution is -0.0477. The lowest BCUT2D eigenvalue weighted by Gasteiger charge is -2.44. The first-order valence-corrected chi connectivity index (χ1v) is 8.59. The zero-order valence-corrected chi connectivity index (χ0v) is 14.1. The average Bonchev–Trinajstić information content (AvgIpc) is 2.75. The Morgan fingerprint density at radius 1 is 1.41 bits per heavy atom. The van der Waals surface area contributed by atoms with Crippen LogP contribution in [0.2, 0.25) is 0 Å². The lowest BCUT2D eigenvalue weighted by Crippen LogP contribution is -2.46. The van der Waals surface area contributed by atoms with E-state index in [1.807, 2.05) is 0 Å². The average molecular weight is 322 g/mol. The van der Waals surface area contributed by atoms with Crippen molar-refractivity contribution in [2.75, 3.05) is 11.9 Å². The van der Waals surface area contributed by atoms with E-state index in [-0.39, 0.29) is 11.2 Å². The van der Waals surface area contributed by atoms with E-state index in [0.717, 1.165) is 34.6 Å². The summed E-state index contributed by atoms with van der Waals surface area (Å²) in [7, 11) is 0. The highest BCUT2D eigenvalue weighted by atomic mass is 32.1. The van der Waals surface area contributed by atoms with Gasteiger partial charge in [-0.3, -0.25) is 0 Å². The van der Waals surface area contributed by atoms with E-state index in [2.05, 4.69) is 31.1 Å². The number of nitrogens with one attached hydrogen (secondary N) is 1. The highest BCUT2D eigenvalue weighted by Gasteiger charge is 2.41. The Hall–Kier alpha value is -1.20. The quantitative estimate of drug-likeness (QED) is 0.879. The first kappa shape index (κ1) is 15.7. The summed E-state index contributed by atoms with van der Waals surface area (Å²) < 4.78 is 14.1. The fraction of sp³-hybridized carbons (Fsp3) is 0.588. The highest BCUT2D eigenvalue weighted by Crippen LogP contribution is 2.44. The van der Waals surface area contributed by atoms with E-state index in [0.29, 0.717) is 12.5 Å². The number of fused-ring (bicyclic) bond motifs is 1. The number of aromatic nitrogens is 1. The molecule has 0 aliphatic heterocycles. The summed E-state index contributed by atoms with van der Waals surface area (Å²) in [5.41, 5.74) is 0.243. The summed E-state index contributed by atoms with van der Waals surface area (Å²) in [6, 6.07) is 4.61. The van der Waals surface area contributed by atoms with Crippen LogP contribution in [0, 0.1) is 17.2 Å². The van der Waals surface area contributed by atoms with Gasteiger partial charge in [0.25, 0.3) is 0 Å². The Morgan fingerprint density at radius 3 is 2.91 bits per heavy atom. The van der Waals surface area contributed by atoms with Gasteiger partial charge in [-0.2, -0.15) is 0 Å². The van der Waals surface area contributed by atoms with Gasteiger partial charge >= 0.3 is 0 Å². The molecule has 0 amide bonds. The minimum atomic E-state index is -0.704. The van der Waals surface area contributed by atoms with Crippen LogP contribution in [0.5, 0.6) is 0 Å². The van der Waals surface area contributed by atoms with Gasteiger partial charge in [-0.1, -0.05) is 32.1 Å². The van der Waals surface area contributed by atoms with Crippen LogP contribution in [0.3, 0.4) is 0 Å². The molecule has 1 aliphatic carbocycles. The van der Waals surface area contributed by atoms with E-state index in [4.69, 9.17) is 0 Å². The molecule has 22 heavy (non-hydrogen) atoms. The van der Waals surface area contributed by atoms with E-state index in [1.54, 1.807) is 6.07 Å². The van der Waals surface area contributed by atoms with Crippen molar-refractivity contribution in [2.45, 2.75) is 45.6 Å². The van der Waals surface area contributed by atoms with Gasteiger partial charge in [-0.25, -0.2) is 9.37 Å². The van der Waals surface area contributed by atoms with E-state index < -0.39 is 5.60 Å². The molecule has 2 N–H and O–H groups in total. The molecule has 2 atom stereocenters. The minimum absolute atomic E-state index is 0.158. The number of hydrogen-bond donors (Lipinski definition) is 2. The fourth-order valence-corrected chi connectivity index (χ4v) is 4.93. The van der Waals surface area contributed by atoms with Gasteiger partial charge in [0.2, 0.25) is 0 Å². The summed E-state index contributed by atoms with van der Waals surface area (Å²) >= 11 is 1.43. The van der Waals surface area contributed by atoms with Crippen LogP contribution in [0.1, 0.15) is 40.0 Å². The second kappa shape index (κ2) is 5.46. The minimum Gasteiger partial charge on any atom is -0.388 e. The number of halogens is 1. The van der Waals surface area contributed by atoms with Gasteiger partial charge in [0.05, 0.1) is 15.8 Å². The fourth-order valence-electron chi connectivity index (χ4n) is 4.05. The smallest absolute Gasteiger partial charge is 0.183 e. The van der Waals surface area contributed by atoms with Crippen LogP contribution in [0.15, 0.2) is 18.2 Å². The predicted octanol–water partition coefficient (Wildman–Crippen LogP) is 4.42. The number of anilines is 1. The third-order valence-corrected chi connectivity index (χ3v) is 5.33. The third kappa shape index (κ3) is 3.41. The summed E-state index contributed by atoms with van der Waals surface area (Å²) in [4.78, 5) is 4.45. The molecule has 1 saturated carbocycles. The first-order chi connectivity index (χ1) is 10.2. The van der Waals surface area contributed by atoms with Gasteiger partial charge in [-0.15, -0.1) is 0 Å². The number of hydrogen-bond acceptors (Lipinski definition) is 4. The van der Waals surface area contributed by atoms with E-state index in [1.165, 1.54) is 23.5 Å². The van der Waals surface area contributed by atoms with Gasteiger partial charge in [0.15, 0.2) is 5.13 Å². The van der Waals surface area contributed by atoms with Gasteiger partial charge in [-0.05, 0) is 48.8 Å². The molecule has 120 valence electrons. The molecular formula is C17H23FN2OS. The van der Waals surface area contributed by atoms with Crippen LogP contribution in [0.25, 0.3) is 10.2 Å². The Kier molecular flexibility index (Phi) is 3.89. The molecule has 5 heteroatoms. The summed E-state index contributed by atoms with van der Waals surface area (Å²) in [5.74, 6) is 0.268. The molecule has 1 aliphatic rings. The second-order valence-corrected chi connectivity index (χ2v) is 8.59. The number of rotatable bonds is 3. The Bertz CT molecular complexity index is 684. The zero-order chi connectivity index (χ0) is 16.0. The molecule has 0 bridgehead atoms. The van der Waals surface area contributed by atoms with Crippen LogP contribution >= 0.6 is 11.3 Å². The molecule has 1 fully saturated rings. The van der Waals surface area contributed by atoms with Crippen molar-refractivity contribution in [2.24, 2.45) is 11.3 Å². The van der Waals surface area contributed by atoms with Crippen molar-refractivity contribution in [1.82, 2.24) is 4.98 Å². The van der Waals surface area contributed by atoms with Crippen LogP contribution in [0.4, 0.5) is 9.52 Å². The van der Waals surface area contributed by atoms with Crippen LogP contribution in [-0.4, -0.2) is 22.2 Å². The maximum absolute atomic E-state index is 13.2. The Morgan fingerprint density at radius 2 is 2.18 bits per heavy atom. The number of thiazole rings is 1. The van der Waals surface area contributed by atoms with Gasteiger partial charge in [0.1, 0.15) is 5.82 Å². The molecule has 2 aromatic rings. The van der Waals surface area contributed by atoms with Gasteiger partial charge in [0, 0.05) is 6.54 Å². The maximum atomic E-state index is 13.2. The van der Waals surface area contributed by atoms with Crippen molar-refractivity contribution in [1.29, 1.82) is 0 Å². The Labute approximate surface area is 134 Å². The number of benzene rings is 1. The monoisotopic (exact) mass is 322 g/mol. The van der Waals surface area contributed by atoms with Crippen molar-refractivity contribution in [3.05, 3.63) is 24.0 Å². The SMILES string of the molecule is CC1CC(C)(C)CC(O)(CNc2nc3ccc(F)cc3s2)C1. The maximum Gasteiger partial charge on any atom is 0.183 e. The molecule has 0 spiro atoms. The zero-order valence-electron chi connectivity index (χ0n) is 13.3. The first-order valence-electron chi connectivity index (χ1n) is 7.77. The van der Waals surface area contributed by atoms with E-state index in [9.17, 15) is 9.50 Å². The van der Waals surface area contributed by atoms with Crippen LogP contribution in [-0.2, 0) is 0 Å². The summed E-state index contributed by atoms with van der Waals surface area (Å²) in [6.45, 7) is 7.12. The standard InChI is InChI=1S/C17H23FN2OS/c1-11-7-16(2,3)9-17(21,8-11)10-19-15-20-13-5-4-12(18)6-14(13)22-15/h4-6,11,21H,7-10H2,1-3H3,(H,19,20).